The molecular formula is C26H25N5O3S. The van der Waals surface area contributed by atoms with Gasteiger partial charge in [0, 0.05) is 11.4 Å². The summed E-state index contributed by atoms with van der Waals surface area (Å²) < 4.78 is 33.1. The van der Waals surface area contributed by atoms with Gasteiger partial charge in [-0.2, -0.15) is 13.4 Å². The molecule has 1 atom stereocenters. The second-order valence-corrected chi connectivity index (χ2v) is 10.4. The van der Waals surface area contributed by atoms with Crippen molar-refractivity contribution in [3.05, 3.63) is 78.4 Å². The zero-order valence-corrected chi connectivity index (χ0v) is 19.7. The van der Waals surface area contributed by atoms with Gasteiger partial charge in [-0.3, -0.25) is 9.45 Å². The molecule has 6 rings (SSSR count). The van der Waals surface area contributed by atoms with Crippen LogP contribution in [-0.4, -0.2) is 29.0 Å². The summed E-state index contributed by atoms with van der Waals surface area (Å²) >= 11 is 0. The molecule has 35 heavy (non-hydrogen) atoms. The highest BCUT2D eigenvalue weighted by Gasteiger charge is 2.34. The van der Waals surface area contributed by atoms with Crippen molar-refractivity contribution in [3.8, 4) is 0 Å². The first-order chi connectivity index (χ1) is 17.0. The molecule has 3 aromatic carbocycles. The number of nitrogens with one attached hydrogen (secondary N) is 2. The van der Waals surface area contributed by atoms with Crippen LogP contribution >= 0.6 is 0 Å². The first kappa shape index (κ1) is 21.8. The summed E-state index contributed by atoms with van der Waals surface area (Å²) in [6.07, 6.45) is 4.30. The van der Waals surface area contributed by atoms with Crippen molar-refractivity contribution in [1.29, 1.82) is 0 Å². The number of aromatic nitrogens is 2. The van der Waals surface area contributed by atoms with Crippen LogP contribution in [-0.2, 0) is 10.1 Å². The number of rotatable bonds is 5. The van der Waals surface area contributed by atoms with Crippen molar-refractivity contribution in [3.63, 3.8) is 0 Å². The van der Waals surface area contributed by atoms with Gasteiger partial charge < -0.3 is 10.6 Å². The largest absolute Gasteiger partial charge is 0.367 e. The zero-order valence-electron chi connectivity index (χ0n) is 18.9. The Kier molecular flexibility index (Phi) is 5.31. The summed E-state index contributed by atoms with van der Waals surface area (Å²) in [5.74, 6) is 1.30. The number of benzene rings is 3. The Bertz CT molecular complexity index is 1500. The van der Waals surface area contributed by atoms with E-state index in [0.717, 1.165) is 40.8 Å². The zero-order chi connectivity index (χ0) is 24.0. The van der Waals surface area contributed by atoms with E-state index in [1.165, 1.54) is 25.0 Å². The van der Waals surface area contributed by atoms with Crippen molar-refractivity contribution in [2.45, 2.75) is 42.8 Å². The molecule has 0 bridgehead atoms. The van der Waals surface area contributed by atoms with Crippen LogP contribution < -0.4 is 15.5 Å². The van der Waals surface area contributed by atoms with Crippen LogP contribution in [0.4, 0.5) is 23.1 Å². The Labute approximate surface area is 203 Å². The third kappa shape index (κ3) is 4.06. The molecule has 1 aliphatic carbocycles. The van der Waals surface area contributed by atoms with Gasteiger partial charge in [-0.15, -0.1) is 0 Å². The number of fused-ring (bicyclic) bond motifs is 2. The summed E-state index contributed by atoms with van der Waals surface area (Å²) in [7, 11) is -4.34. The summed E-state index contributed by atoms with van der Waals surface area (Å²) in [5, 5.41) is 8.01. The molecule has 1 aliphatic heterocycles. The number of hydrogen-bond acceptors (Lipinski definition) is 7. The van der Waals surface area contributed by atoms with E-state index in [1.54, 1.807) is 6.07 Å². The first-order valence-corrected chi connectivity index (χ1v) is 13.2. The van der Waals surface area contributed by atoms with E-state index in [9.17, 15) is 13.0 Å². The van der Waals surface area contributed by atoms with Crippen LogP contribution in [0.1, 0.15) is 37.4 Å². The van der Waals surface area contributed by atoms with E-state index in [0.29, 0.717) is 17.7 Å². The van der Waals surface area contributed by atoms with Crippen molar-refractivity contribution in [1.82, 2.24) is 9.97 Å². The van der Waals surface area contributed by atoms with E-state index in [4.69, 9.17) is 9.97 Å². The van der Waals surface area contributed by atoms with Gasteiger partial charge in [0.15, 0.2) is 0 Å². The van der Waals surface area contributed by atoms with Crippen LogP contribution in [0.25, 0.3) is 10.9 Å². The summed E-state index contributed by atoms with van der Waals surface area (Å²) in [6, 6.07) is 22.7. The molecule has 4 aromatic rings. The van der Waals surface area contributed by atoms with Crippen LogP contribution in [0.2, 0.25) is 0 Å². The lowest BCUT2D eigenvalue weighted by Gasteiger charge is -2.26. The summed E-state index contributed by atoms with van der Waals surface area (Å²) in [4.78, 5) is 11.7. The Balaban J connectivity index is 1.51. The maximum absolute atomic E-state index is 11.8. The lowest BCUT2D eigenvalue weighted by Crippen LogP contribution is -2.26. The molecule has 3 N–H and O–H groups in total. The van der Waals surface area contributed by atoms with E-state index >= 15 is 0 Å². The minimum Gasteiger partial charge on any atom is -0.367 e. The Morgan fingerprint density at radius 1 is 0.943 bits per heavy atom. The topological polar surface area (TPSA) is 107 Å². The van der Waals surface area contributed by atoms with E-state index in [1.807, 2.05) is 59.5 Å². The predicted molar refractivity (Wildman–Crippen MR) is 137 cm³/mol. The highest BCUT2D eigenvalue weighted by molar-refractivity contribution is 7.85. The van der Waals surface area contributed by atoms with Crippen molar-refractivity contribution in [2.75, 3.05) is 15.5 Å². The average molecular weight is 488 g/mol. The molecule has 2 heterocycles. The molecule has 8 nitrogen and oxygen atoms in total. The second-order valence-electron chi connectivity index (χ2n) is 9.00. The Hall–Kier alpha value is -3.69. The fourth-order valence-electron chi connectivity index (χ4n) is 4.99. The number of anilines is 4. The second kappa shape index (κ2) is 8.51. The van der Waals surface area contributed by atoms with Gasteiger partial charge in [0.1, 0.15) is 12.0 Å². The maximum atomic E-state index is 11.8. The minimum atomic E-state index is -4.34. The van der Waals surface area contributed by atoms with Crippen molar-refractivity contribution >= 4 is 44.2 Å². The van der Waals surface area contributed by atoms with Crippen LogP contribution in [0, 0.1) is 0 Å². The highest BCUT2D eigenvalue weighted by Crippen LogP contribution is 2.46. The Morgan fingerprint density at radius 2 is 1.69 bits per heavy atom. The SMILES string of the molecule is O=S(=O)(O)c1ccc2c(c1)NC(c1ccccc1)N2c1nc(NC2CCCC2)c2ccccc2n1. The van der Waals surface area contributed by atoms with Crippen LogP contribution in [0.5, 0.6) is 0 Å². The number of hydrogen-bond donors (Lipinski definition) is 3. The summed E-state index contributed by atoms with van der Waals surface area (Å²) in [5.41, 5.74) is 3.11. The highest BCUT2D eigenvalue weighted by atomic mass is 32.2. The van der Waals surface area contributed by atoms with Gasteiger partial charge in [0.25, 0.3) is 10.1 Å². The molecule has 0 radical (unpaired) electrons. The Morgan fingerprint density at radius 3 is 2.46 bits per heavy atom. The van der Waals surface area contributed by atoms with Crippen LogP contribution in [0.15, 0.2) is 77.7 Å². The smallest absolute Gasteiger partial charge is 0.294 e. The molecular weight excluding hydrogens is 462 g/mol. The molecule has 178 valence electrons. The van der Waals surface area contributed by atoms with Gasteiger partial charge in [-0.05, 0) is 48.7 Å². The third-order valence-corrected chi connectivity index (χ3v) is 7.54. The molecule has 1 saturated carbocycles. The van der Waals surface area contributed by atoms with Gasteiger partial charge in [0.05, 0.1) is 21.8 Å². The van der Waals surface area contributed by atoms with Gasteiger partial charge in [-0.1, -0.05) is 55.3 Å². The average Bonchev–Trinajstić information content (AvgIpc) is 3.51. The fraction of sp³-hybridized carbons (Fsp3) is 0.231. The molecule has 1 fully saturated rings. The standard InChI is InChI=1S/C26H25N5O3S/c32-35(33,34)19-14-15-23-22(16-19)28-25(17-8-2-1-3-9-17)31(23)26-29-21-13-7-6-12-20(21)24(30-26)27-18-10-4-5-11-18/h1-3,6-9,12-16,18,25,28H,4-5,10-11H2,(H,27,29,30)(H,32,33,34). The lowest BCUT2D eigenvalue weighted by atomic mass is 10.1. The minimum absolute atomic E-state index is 0.166. The normalized spacial score (nSPS) is 18.0. The van der Waals surface area contributed by atoms with E-state index < -0.39 is 10.1 Å². The molecule has 1 unspecified atom stereocenters. The van der Waals surface area contributed by atoms with Crippen molar-refractivity contribution in [2.24, 2.45) is 0 Å². The van der Waals surface area contributed by atoms with E-state index in [-0.39, 0.29) is 11.1 Å². The van der Waals surface area contributed by atoms with Crippen LogP contribution in [0.3, 0.4) is 0 Å². The predicted octanol–water partition coefficient (Wildman–Crippen LogP) is 5.49. The number of nitrogens with zero attached hydrogens (tertiary/aromatic N) is 3. The molecule has 2 aliphatic rings. The maximum Gasteiger partial charge on any atom is 0.294 e. The lowest BCUT2D eigenvalue weighted by molar-refractivity contribution is 0.483. The number of para-hydroxylation sites is 1. The van der Waals surface area contributed by atoms with Gasteiger partial charge >= 0.3 is 0 Å². The molecule has 0 saturated heterocycles. The monoisotopic (exact) mass is 487 g/mol. The first-order valence-electron chi connectivity index (χ1n) is 11.7. The third-order valence-electron chi connectivity index (χ3n) is 6.69. The molecule has 0 amide bonds. The quantitative estimate of drug-likeness (QED) is 0.317. The fourth-order valence-corrected chi connectivity index (χ4v) is 5.50. The molecule has 0 spiro atoms. The van der Waals surface area contributed by atoms with E-state index in [2.05, 4.69) is 10.6 Å². The van der Waals surface area contributed by atoms with Crippen molar-refractivity contribution < 1.29 is 13.0 Å². The molecule has 9 heteroatoms. The van der Waals surface area contributed by atoms with Gasteiger partial charge in [0.2, 0.25) is 5.95 Å². The summed E-state index contributed by atoms with van der Waals surface area (Å²) in [6.45, 7) is 0. The molecule has 1 aromatic heterocycles. The van der Waals surface area contributed by atoms with Gasteiger partial charge in [-0.25, -0.2) is 4.98 Å².